The molecule has 2 rings (SSSR count). The van der Waals surface area contributed by atoms with Gasteiger partial charge in [0.25, 0.3) is 5.91 Å². The molecular formula is C23H36N2O4. The highest BCUT2D eigenvalue weighted by atomic mass is 16.5. The van der Waals surface area contributed by atoms with E-state index in [1.165, 1.54) is 0 Å². The van der Waals surface area contributed by atoms with Crippen molar-refractivity contribution in [1.29, 1.82) is 0 Å². The SMILES string of the molecule is CCCOc1ccc(C(=O)NC2CCCC(C(=O)NC(C)C)C2)cc1OCCC. The Morgan fingerprint density at radius 2 is 1.76 bits per heavy atom. The molecule has 1 saturated carbocycles. The highest BCUT2D eigenvalue weighted by Crippen LogP contribution is 2.30. The summed E-state index contributed by atoms with van der Waals surface area (Å²) in [6.45, 7) is 9.20. The molecule has 2 unspecified atom stereocenters. The van der Waals surface area contributed by atoms with Crippen molar-refractivity contribution < 1.29 is 19.1 Å². The number of nitrogens with one attached hydrogen (secondary N) is 2. The first-order valence-electron chi connectivity index (χ1n) is 10.9. The fourth-order valence-corrected chi connectivity index (χ4v) is 3.54. The Kier molecular flexibility index (Phi) is 9.29. The molecule has 1 aromatic rings. The summed E-state index contributed by atoms with van der Waals surface area (Å²) in [6, 6.07) is 5.46. The summed E-state index contributed by atoms with van der Waals surface area (Å²) in [6.07, 6.45) is 5.18. The van der Waals surface area contributed by atoms with E-state index in [1.807, 2.05) is 27.7 Å². The van der Waals surface area contributed by atoms with Gasteiger partial charge in [0.15, 0.2) is 11.5 Å². The fourth-order valence-electron chi connectivity index (χ4n) is 3.54. The van der Waals surface area contributed by atoms with Gasteiger partial charge in [-0.25, -0.2) is 0 Å². The Labute approximate surface area is 174 Å². The molecule has 2 N–H and O–H groups in total. The Morgan fingerprint density at radius 1 is 1.07 bits per heavy atom. The van der Waals surface area contributed by atoms with E-state index >= 15 is 0 Å². The van der Waals surface area contributed by atoms with Gasteiger partial charge in [-0.1, -0.05) is 20.3 Å². The lowest BCUT2D eigenvalue weighted by Crippen LogP contribution is -2.43. The van der Waals surface area contributed by atoms with E-state index in [2.05, 4.69) is 10.6 Å². The molecule has 29 heavy (non-hydrogen) atoms. The van der Waals surface area contributed by atoms with Crippen LogP contribution in [0.2, 0.25) is 0 Å². The number of carbonyl (C=O) groups is 2. The van der Waals surface area contributed by atoms with Crippen LogP contribution in [0.4, 0.5) is 0 Å². The van der Waals surface area contributed by atoms with Gasteiger partial charge < -0.3 is 20.1 Å². The molecule has 2 amide bonds. The highest BCUT2D eigenvalue weighted by molar-refractivity contribution is 5.95. The number of carbonyl (C=O) groups excluding carboxylic acids is 2. The van der Waals surface area contributed by atoms with E-state index in [9.17, 15) is 9.59 Å². The van der Waals surface area contributed by atoms with Gasteiger partial charge in [-0.15, -0.1) is 0 Å². The summed E-state index contributed by atoms with van der Waals surface area (Å²) < 4.78 is 11.5. The number of ether oxygens (including phenoxy) is 2. The Bertz CT molecular complexity index is 675. The minimum absolute atomic E-state index is 0.00944. The average molecular weight is 405 g/mol. The molecule has 6 nitrogen and oxygen atoms in total. The molecule has 0 spiro atoms. The average Bonchev–Trinajstić information content (AvgIpc) is 2.70. The van der Waals surface area contributed by atoms with E-state index in [-0.39, 0.29) is 29.8 Å². The Balaban J connectivity index is 2.02. The number of hydrogen-bond donors (Lipinski definition) is 2. The maximum Gasteiger partial charge on any atom is 0.251 e. The molecule has 0 saturated heterocycles. The highest BCUT2D eigenvalue weighted by Gasteiger charge is 2.28. The lowest BCUT2D eigenvalue weighted by atomic mass is 9.85. The zero-order valence-corrected chi connectivity index (χ0v) is 18.3. The first-order valence-corrected chi connectivity index (χ1v) is 10.9. The summed E-state index contributed by atoms with van der Waals surface area (Å²) in [7, 11) is 0. The van der Waals surface area contributed by atoms with Crippen LogP contribution in [0.3, 0.4) is 0 Å². The lowest BCUT2D eigenvalue weighted by Gasteiger charge is -2.29. The number of rotatable bonds is 10. The second kappa shape index (κ2) is 11.7. The first kappa shape index (κ1) is 23.0. The van der Waals surface area contributed by atoms with Crippen molar-refractivity contribution in [2.75, 3.05) is 13.2 Å². The monoisotopic (exact) mass is 404 g/mol. The normalized spacial score (nSPS) is 18.9. The van der Waals surface area contributed by atoms with Crippen molar-refractivity contribution >= 4 is 11.8 Å². The van der Waals surface area contributed by atoms with Gasteiger partial charge >= 0.3 is 0 Å². The Morgan fingerprint density at radius 3 is 2.41 bits per heavy atom. The molecule has 0 aliphatic heterocycles. The second-order valence-electron chi connectivity index (χ2n) is 8.06. The van der Waals surface area contributed by atoms with Gasteiger partial charge in [-0.2, -0.15) is 0 Å². The van der Waals surface area contributed by atoms with Crippen LogP contribution >= 0.6 is 0 Å². The molecule has 0 heterocycles. The third kappa shape index (κ3) is 7.26. The third-order valence-electron chi connectivity index (χ3n) is 4.94. The predicted octanol–water partition coefficient (Wildman–Crippen LogP) is 4.08. The largest absolute Gasteiger partial charge is 0.490 e. The zero-order valence-electron chi connectivity index (χ0n) is 18.3. The lowest BCUT2D eigenvalue weighted by molar-refractivity contribution is -0.126. The van der Waals surface area contributed by atoms with Crippen molar-refractivity contribution in [1.82, 2.24) is 10.6 Å². The minimum Gasteiger partial charge on any atom is -0.490 e. The maximum atomic E-state index is 12.8. The van der Waals surface area contributed by atoms with Gasteiger partial charge in [0.05, 0.1) is 13.2 Å². The number of hydrogen-bond acceptors (Lipinski definition) is 4. The standard InChI is InChI=1S/C23H36N2O4/c1-5-12-28-20-11-10-18(15-21(20)29-13-6-2)23(27)25-19-9-7-8-17(14-19)22(26)24-16(3)4/h10-11,15-17,19H,5-9,12-14H2,1-4H3,(H,24,26)(H,25,27). The molecular weight excluding hydrogens is 368 g/mol. The molecule has 0 radical (unpaired) electrons. The van der Waals surface area contributed by atoms with Gasteiger partial charge in [-0.05, 0) is 64.2 Å². The zero-order chi connectivity index (χ0) is 21.2. The molecule has 1 aliphatic rings. The van der Waals surface area contributed by atoms with Crippen LogP contribution in [0.25, 0.3) is 0 Å². The van der Waals surface area contributed by atoms with Crippen LogP contribution in [0.5, 0.6) is 11.5 Å². The van der Waals surface area contributed by atoms with Crippen LogP contribution in [0.1, 0.15) is 76.6 Å². The van der Waals surface area contributed by atoms with E-state index in [0.29, 0.717) is 36.7 Å². The predicted molar refractivity (Wildman–Crippen MR) is 115 cm³/mol. The van der Waals surface area contributed by atoms with E-state index < -0.39 is 0 Å². The summed E-state index contributed by atoms with van der Waals surface area (Å²) in [5, 5.41) is 6.09. The molecule has 0 bridgehead atoms. The van der Waals surface area contributed by atoms with Crippen molar-refractivity contribution in [3.8, 4) is 11.5 Å². The van der Waals surface area contributed by atoms with Gasteiger partial charge in [0.2, 0.25) is 5.91 Å². The maximum absolute atomic E-state index is 12.8. The first-order chi connectivity index (χ1) is 13.9. The summed E-state index contributed by atoms with van der Waals surface area (Å²) in [5.41, 5.74) is 0.550. The van der Waals surface area contributed by atoms with E-state index in [1.54, 1.807) is 18.2 Å². The smallest absolute Gasteiger partial charge is 0.251 e. The quantitative estimate of drug-likeness (QED) is 0.616. The minimum atomic E-state index is -0.136. The summed E-state index contributed by atoms with van der Waals surface area (Å²) in [4.78, 5) is 25.1. The molecule has 0 aromatic heterocycles. The molecule has 2 atom stereocenters. The van der Waals surface area contributed by atoms with Crippen LogP contribution in [-0.2, 0) is 4.79 Å². The molecule has 1 fully saturated rings. The topological polar surface area (TPSA) is 76.7 Å². The molecule has 6 heteroatoms. The molecule has 1 aromatic carbocycles. The summed E-state index contributed by atoms with van der Waals surface area (Å²) >= 11 is 0. The second-order valence-corrected chi connectivity index (χ2v) is 8.06. The molecule has 162 valence electrons. The molecule has 1 aliphatic carbocycles. The van der Waals surface area contributed by atoms with Crippen LogP contribution in [0, 0.1) is 5.92 Å². The van der Waals surface area contributed by atoms with Crippen molar-refractivity contribution in [3.63, 3.8) is 0 Å². The van der Waals surface area contributed by atoms with Crippen molar-refractivity contribution in [3.05, 3.63) is 23.8 Å². The van der Waals surface area contributed by atoms with Crippen molar-refractivity contribution in [2.24, 2.45) is 5.92 Å². The Hall–Kier alpha value is -2.24. The number of amides is 2. The van der Waals surface area contributed by atoms with Crippen LogP contribution in [0.15, 0.2) is 18.2 Å². The van der Waals surface area contributed by atoms with Crippen molar-refractivity contribution in [2.45, 2.75) is 78.3 Å². The van der Waals surface area contributed by atoms with Gasteiger partial charge in [0, 0.05) is 23.6 Å². The van der Waals surface area contributed by atoms with Gasteiger partial charge in [-0.3, -0.25) is 9.59 Å². The fraction of sp³-hybridized carbons (Fsp3) is 0.652. The number of benzene rings is 1. The van der Waals surface area contributed by atoms with Gasteiger partial charge in [0.1, 0.15) is 0 Å². The van der Waals surface area contributed by atoms with Crippen LogP contribution < -0.4 is 20.1 Å². The van der Waals surface area contributed by atoms with Crippen LogP contribution in [-0.4, -0.2) is 37.1 Å². The van der Waals surface area contributed by atoms with E-state index in [0.717, 1.165) is 32.1 Å². The third-order valence-corrected chi connectivity index (χ3v) is 4.94. The summed E-state index contributed by atoms with van der Waals surface area (Å²) in [5.74, 6) is 1.19. The van der Waals surface area contributed by atoms with E-state index in [4.69, 9.17) is 9.47 Å².